The van der Waals surface area contributed by atoms with Crippen LogP contribution in [0.4, 0.5) is 0 Å². The van der Waals surface area contributed by atoms with Crippen LogP contribution in [0.25, 0.3) is 22.1 Å². The van der Waals surface area contributed by atoms with E-state index in [2.05, 4.69) is 21.9 Å². The number of H-pyrrole nitrogens is 2. The van der Waals surface area contributed by atoms with Crippen LogP contribution in [0.5, 0.6) is 0 Å². The van der Waals surface area contributed by atoms with E-state index in [-0.39, 0.29) is 17.6 Å². The highest BCUT2D eigenvalue weighted by molar-refractivity contribution is 6.35. The Morgan fingerprint density at radius 1 is 1.14 bits per heavy atom. The molecule has 3 aromatic heterocycles. The summed E-state index contributed by atoms with van der Waals surface area (Å²) in [5.41, 5.74) is 1.96. The van der Waals surface area contributed by atoms with Gasteiger partial charge in [0.1, 0.15) is 5.65 Å². The molecule has 0 aromatic carbocycles. The maximum atomic E-state index is 12.9. The second-order valence-electron chi connectivity index (χ2n) is 8.14. The van der Waals surface area contributed by atoms with Gasteiger partial charge in [0.05, 0.1) is 23.3 Å². The van der Waals surface area contributed by atoms with Crippen molar-refractivity contribution in [2.45, 2.75) is 32.2 Å². The van der Waals surface area contributed by atoms with E-state index in [1.54, 1.807) is 26.8 Å². The fraction of sp³-hybridized carbons (Fsp3) is 0.500. The van der Waals surface area contributed by atoms with Gasteiger partial charge in [-0.3, -0.25) is 14.2 Å². The first-order valence-electron chi connectivity index (χ1n) is 10.2. The van der Waals surface area contributed by atoms with Crippen LogP contribution in [0.3, 0.4) is 0 Å². The minimum absolute atomic E-state index is 0.194. The van der Waals surface area contributed by atoms with E-state index in [9.17, 15) is 14.4 Å². The number of aromatic nitrogens is 4. The largest absolute Gasteiger partial charge is 0.346 e. The second kappa shape index (κ2) is 6.75. The number of pyridine rings is 1. The van der Waals surface area contributed by atoms with Gasteiger partial charge in [0.25, 0.3) is 0 Å². The third-order valence-electron chi connectivity index (χ3n) is 6.37. The predicted molar refractivity (Wildman–Crippen MR) is 107 cm³/mol. The number of imidazole rings is 1. The molecule has 2 saturated heterocycles. The first-order valence-corrected chi connectivity index (χ1v) is 10.2. The molecule has 2 aliphatic heterocycles. The summed E-state index contributed by atoms with van der Waals surface area (Å²) in [5, 5.41) is 0.865. The molecule has 5 heterocycles. The molecule has 2 atom stereocenters. The van der Waals surface area contributed by atoms with Crippen molar-refractivity contribution in [1.82, 2.24) is 29.3 Å². The van der Waals surface area contributed by atoms with E-state index in [1.165, 1.54) is 0 Å². The summed E-state index contributed by atoms with van der Waals surface area (Å²) in [5.74, 6) is -0.677. The van der Waals surface area contributed by atoms with Crippen LogP contribution in [0.1, 0.15) is 32.2 Å². The number of hydrogen-bond donors (Lipinski definition) is 2. The number of amides is 2. The van der Waals surface area contributed by atoms with Crippen molar-refractivity contribution in [3.63, 3.8) is 0 Å². The average molecular weight is 396 g/mol. The van der Waals surface area contributed by atoms with Crippen molar-refractivity contribution in [2.24, 2.45) is 5.92 Å². The Morgan fingerprint density at radius 3 is 2.69 bits per heavy atom. The van der Waals surface area contributed by atoms with Crippen molar-refractivity contribution in [3.05, 3.63) is 28.9 Å². The molecule has 3 aromatic rings. The smallest absolute Gasteiger partial charge is 0.326 e. The van der Waals surface area contributed by atoms with Gasteiger partial charge in [-0.05, 0) is 31.2 Å². The molecule has 9 heteroatoms. The van der Waals surface area contributed by atoms with Gasteiger partial charge < -0.3 is 19.8 Å². The van der Waals surface area contributed by atoms with Gasteiger partial charge in [-0.2, -0.15) is 0 Å². The number of aromatic amines is 2. The zero-order valence-electron chi connectivity index (χ0n) is 16.4. The van der Waals surface area contributed by atoms with E-state index >= 15 is 0 Å². The van der Waals surface area contributed by atoms with Crippen LogP contribution >= 0.6 is 0 Å². The van der Waals surface area contributed by atoms with E-state index in [0.29, 0.717) is 37.3 Å². The molecule has 0 bridgehead atoms. The van der Waals surface area contributed by atoms with Gasteiger partial charge in [-0.1, -0.05) is 6.92 Å². The maximum Gasteiger partial charge on any atom is 0.326 e. The van der Waals surface area contributed by atoms with Crippen LogP contribution in [0.2, 0.25) is 0 Å². The predicted octanol–water partition coefficient (Wildman–Crippen LogP) is 1.24. The quantitative estimate of drug-likeness (QED) is 0.604. The number of nitrogens with zero attached hydrogens (tertiary/aromatic N) is 4. The normalized spacial score (nSPS) is 22.7. The minimum Gasteiger partial charge on any atom is -0.346 e. The van der Waals surface area contributed by atoms with Crippen molar-refractivity contribution >= 4 is 33.9 Å². The molecule has 5 rings (SSSR count). The first kappa shape index (κ1) is 18.0. The summed E-state index contributed by atoms with van der Waals surface area (Å²) in [6, 6.07) is 1.70. The lowest BCUT2D eigenvalue weighted by molar-refractivity contribution is -0.152. The number of carbonyl (C=O) groups is 2. The minimum atomic E-state index is -0.454. The molecule has 0 aliphatic carbocycles. The highest BCUT2D eigenvalue weighted by Gasteiger charge is 2.36. The molecule has 0 radical (unpaired) electrons. The first-order chi connectivity index (χ1) is 14.0. The highest BCUT2D eigenvalue weighted by atomic mass is 16.2. The number of carbonyl (C=O) groups excluding carboxylic acids is 2. The summed E-state index contributed by atoms with van der Waals surface area (Å²) >= 11 is 0. The molecular weight excluding hydrogens is 372 g/mol. The van der Waals surface area contributed by atoms with Crippen molar-refractivity contribution in [2.75, 3.05) is 26.2 Å². The Hall–Kier alpha value is -3.10. The third kappa shape index (κ3) is 2.83. The zero-order chi connectivity index (χ0) is 20.1. The third-order valence-corrected chi connectivity index (χ3v) is 6.37. The van der Waals surface area contributed by atoms with Gasteiger partial charge in [0, 0.05) is 37.8 Å². The Balaban J connectivity index is 1.51. The van der Waals surface area contributed by atoms with E-state index < -0.39 is 11.8 Å². The molecular formula is C20H24N6O3. The van der Waals surface area contributed by atoms with Crippen LogP contribution < -0.4 is 5.69 Å². The average Bonchev–Trinajstić information content (AvgIpc) is 3.46. The Bertz CT molecular complexity index is 1150. The lowest BCUT2D eigenvalue weighted by Crippen LogP contribution is -2.50. The molecule has 2 aliphatic rings. The molecule has 29 heavy (non-hydrogen) atoms. The highest BCUT2D eigenvalue weighted by Crippen LogP contribution is 2.31. The van der Waals surface area contributed by atoms with Crippen molar-refractivity contribution < 1.29 is 9.59 Å². The molecule has 0 saturated carbocycles. The summed E-state index contributed by atoms with van der Waals surface area (Å²) < 4.78 is 1.75. The molecule has 2 N–H and O–H groups in total. The fourth-order valence-corrected chi connectivity index (χ4v) is 4.70. The number of fused-ring (bicyclic) bond motifs is 3. The number of piperidine rings is 1. The lowest BCUT2D eigenvalue weighted by atomic mass is 9.93. The molecule has 152 valence electrons. The summed E-state index contributed by atoms with van der Waals surface area (Å²) in [4.78, 5) is 51.9. The SMILES string of the molecule is C[C@@H]1CCN(C(=O)C(=O)N2CCCC2)C[C@@H]1n1c(=O)[nH]c2cnc3[nH]ccc3c21. The summed E-state index contributed by atoms with van der Waals surface area (Å²) in [7, 11) is 0. The van der Waals surface area contributed by atoms with Crippen molar-refractivity contribution in [1.29, 1.82) is 0 Å². The number of nitrogens with one attached hydrogen (secondary N) is 2. The number of rotatable bonds is 1. The maximum absolute atomic E-state index is 12.9. The summed E-state index contributed by atoms with van der Waals surface area (Å²) in [6.45, 7) is 4.28. The fourth-order valence-electron chi connectivity index (χ4n) is 4.70. The molecule has 0 spiro atoms. The van der Waals surface area contributed by atoms with Crippen molar-refractivity contribution in [3.8, 4) is 0 Å². The van der Waals surface area contributed by atoms with Gasteiger partial charge in [-0.25, -0.2) is 9.78 Å². The van der Waals surface area contributed by atoms with E-state index in [4.69, 9.17) is 0 Å². The van der Waals surface area contributed by atoms with Gasteiger partial charge >= 0.3 is 17.5 Å². The van der Waals surface area contributed by atoms with E-state index in [1.807, 2.05) is 6.07 Å². The lowest BCUT2D eigenvalue weighted by Gasteiger charge is -2.37. The molecule has 2 amide bonds. The van der Waals surface area contributed by atoms with Gasteiger partial charge in [0.2, 0.25) is 0 Å². The van der Waals surface area contributed by atoms with E-state index in [0.717, 1.165) is 30.2 Å². The van der Waals surface area contributed by atoms with Crippen LogP contribution in [-0.4, -0.2) is 67.3 Å². The van der Waals surface area contributed by atoms with Crippen LogP contribution in [-0.2, 0) is 9.59 Å². The van der Waals surface area contributed by atoms with Gasteiger partial charge in [0.15, 0.2) is 0 Å². The number of hydrogen-bond acceptors (Lipinski definition) is 4. The zero-order valence-corrected chi connectivity index (χ0v) is 16.4. The van der Waals surface area contributed by atoms with Gasteiger partial charge in [-0.15, -0.1) is 0 Å². The monoisotopic (exact) mass is 396 g/mol. The van der Waals surface area contributed by atoms with Crippen LogP contribution in [0.15, 0.2) is 23.3 Å². The molecule has 9 nitrogen and oxygen atoms in total. The summed E-state index contributed by atoms with van der Waals surface area (Å²) in [6.07, 6.45) is 6.09. The Labute approximate surface area is 166 Å². The topological polar surface area (TPSA) is 107 Å². The van der Waals surface area contributed by atoms with Crippen LogP contribution in [0, 0.1) is 5.92 Å². The molecule has 0 unspecified atom stereocenters. The second-order valence-corrected chi connectivity index (χ2v) is 8.14. The Kier molecular flexibility index (Phi) is 4.18. The number of likely N-dealkylation sites (tertiary alicyclic amines) is 2. The Morgan fingerprint density at radius 2 is 1.90 bits per heavy atom. The standard InChI is InChI=1S/C20H24N6O3/c1-12-5-9-25(19(28)18(27)24-7-2-3-8-24)11-15(12)26-16-13-4-6-21-17(13)22-10-14(16)23-20(26)29/h4,6,10,12,15H,2-3,5,7-9,11H2,1H3,(H,21,22)(H,23,29)/t12-,15+/m1/s1. The molecule has 2 fully saturated rings.